The Bertz CT molecular complexity index is 401. The van der Waals surface area contributed by atoms with Gasteiger partial charge in [-0.1, -0.05) is 13.3 Å². The van der Waals surface area contributed by atoms with Crippen molar-refractivity contribution >= 4 is 15.9 Å². The van der Waals surface area contributed by atoms with E-state index >= 15 is 0 Å². The molecule has 0 N–H and O–H groups in total. The highest BCUT2D eigenvalue weighted by molar-refractivity contribution is 7.89. The van der Waals surface area contributed by atoms with Gasteiger partial charge in [0.25, 0.3) is 0 Å². The van der Waals surface area contributed by atoms with Crippen molar-refractivity contribution in [2.45, 2.75) is 26.2 Å². The molecule has 0 aromatic carbocycles. The topological polar surface area (TPSA) is 60.9 Å². The van der Waals surface area contributed by atoms with Crippen molar-refractivity contribution in [2.24, 2.45) is 0 Å². The molecule has 1 fully saturated rings. The normalized spacial score (nSPS) is 17.7. The van der Waals surface area contributed by atoms with Gasteiger partial charge >= 0.3 is 0 Å². The molecule has 0 atom stereocenters. The molecule has 1 aliphatic heterocycles. The first-order valence-corrected chi connectivity index (χ1v) is 8.88. The lowest BCUT2D eigenvalue weighted by Gasteiger charge is -2.34. The molecule has 6 nitrogen and oxygen atoms in total. The number of hydrogen-bond donors (Lipinski definition) is 0. The Balaban J connectivity index is 2.41. The predicted molar refractivity (Wildman–Crippen MR) is 80.0 cm³/mol. The summed E-state index contributed by atoms with van der Waals surface area (Å²) in [5.41, 5.74) is 0. The summed E-state index contributed by atoms with van der Waals surface area (Å²) in [6.45, 7) is 4.60. The summed E-state index contributed by atoms with van der Waals surface area (Å²) < 4.78 is 25.6. The van der Waals surface area contributed by atoms with E-state index < -0.39 is 10.0 Å². The lowest BCUT2D eigenvalue weighted by atomic mass is 10.3. The second-order valence-corrected chi connectivity index (χ2v) is 7.59. The van der Waals surface area contributed by atoms with E-state index in [1.54, 1.807) is 4.90 Å². The summed E-state index contributed by atoms with van der Waals surface area (Å²) in [4.78, 5) is 15.7. The summed E-state index contributed by atoms with van der Waals surface area (Å²) >= 11 is 0. The van der Waals surface area contributed by atoms with Crippen LogP contribution in [0.2, 0.25) is 0 Å². The number of hydrogen-bond acceptors (Lipinski definition) is 4. The van der Waals surface area contributed by atoms with E-state index in [9.17, 15) is 13.2 Å². The van der Waals surface area contributed by atoms with Gasteiger partial charge in [-0.3, -0.25) is 4.79 Å². The highest BCUT2D eigenvalue weighted by atomic mass is 32.2. The van der Waals surface area contributed by atoms with Crippen molar-refractivity contribution in [3.05, 3.63) is 0 Å². The average molecular weight is 305 g/mol. The molecular formula is C13H27N3O3S. The summed E-state index contributed by atoms with van der Waals surface area (Å²) in [5.74, 6) is 0.335. The van der Waals surface area contributed by atoms with Gasteiger partial charge in [0.1, 0.15) is 0 Å². The van der Waals surface area contributed by atoms with Gasteiger partial charge in [-0.2, -0.15) is 4.31 Å². The zero-order valence-corrected chi connectivity index (χ0v) is 13.7. The third kappa shape index (κ3) is 5.38. The predicted octanol–water partition coefficient (Wildman–Crippen LogP) is 0.212. The Morgan fingerprint density at radius 3 is 2.25 bits per heavy atom. The number of unbranched alkanes of at least 4 members (excludes halogenated alkanes) is 1. The molecule has 0 aromatic heterocycles. The molecule has 0 radical (unpaired) electrons. The fraction of sp³-hybridized carbons (Fsp3) is 0.923. The van der Waals surface area contributed by atoms with E-state index in [1.165, 1.54) is 4.31 Å². The summed E-state index contributed by atoms with van der Waals surface area (Å²) in [6.07, 6.45) is 2.07. The van der Waals surface area contributed by atoms with Crippen molar-refractivity contribution in [3.63, 3.8) is 0 Å². The molecule has 0 unspecified atom stereocenters. The van der Waals surface area contributed by atoms with Crippen LogP contribution in [0.1, 0.15) is 26.2 Å². The van der Waals surface area contributed by atoms with Crippen molar-refractivity contribution < 1.29 is 13.2 Å². The lowest BCUT2D eigenvalue weighted by Crippen LogP contribution is -2.51. The number of carbonyl (C=O) groups is 1. The Kier molecular flexibility index (Phi) is 6.91. The summed E-state index contributed by atoms with van der Waals surface area (Å²) in [5, 5.41) is 0. The van der Waals surface area contributed by atoms with Gasteiger partial charge in [0.15, 0.2) is 0 Å². The van der Waals surface area contributed by atoms with E-state index in [0.717, 1.165) is 13.0 Å². The van der Waals surface area contributed by atoms with Gasteiger partial charge in [-0.15, -0.1) is 0 Å². The van der Waals surface area contributed by atoms with E-state index in [-0.39, 0.29) is 11.7 Å². The van der Waals surface area contributed by atoms with Crippen LogP contribution in [0, 0.1) is 0 Å². The maximum absolute atomic E-state index is 12.1. The van der Waals surface area contributed by atoms with E-state index in [0.29, 0.717) is 39.0 Å². The summed E-state index contributed by atoms with van der Waals surface area (Å²) in [7, 11) is 0.739. The Morgan fingerprint density at radius 2 is 1.75 bits per heavy atom. The van der Waals surface area contributed by atoms with Crippen LogP contribution in [0.4, 0.5) is 0 Å². The first-order chi connectivity index (χ1) is 9.36. The van der Waals surface area contributed by atoms with E-state index in [4.69, 9.17) is 0 Å². The van der Waals surface area contributed by atoms with Gasteiger partial charge in [0, 0.05) is 39.1 Å². The maximum Gasteiger partial charge on any atom is 0.223 e. The maximum atomic E-state index is 12.1. The number of piperazine rings is 1. The fourth-order valence-corrected chi connectivity index (χ4v) is 3.78. The zero-order chi connectivity index (χ0) is 15.2. The number of sulfonamides is 1. The molecule has 0 bridgehead atoms. The van der Waals surface area contributed by atoms with E-state index in [2.05, 4.69) is 0 Å². The molecule has 0 aliphatic carbocycles. The monoisotopic (exact) mass is 305 g/mol. The van der Waals surface area contributed by atoms with Crippen LogP contribution >= 0.6 is 0 Å². The molecule has 1 rings (SSSR count). The quantitative estimate of drug-likeness (QED) is 0.675. The minimum Gasteiger partial charge on any atom is -0.340 e. The van der Waals surface area contributed by atoms with Gasteiger partial charge < -0.3 is 9.80 Å². The van der Waals surface area contributed by atoms with Crippen molar-refractivity contribution in [1.29, 1.82) is 0 Å². The van der Waals surface area contributed by atoms with Crippen molar-refractivity contribution in [1.82, 2.24) is 14.1 Å². The van der Waals surface area contributed by atoms with Gasteiger partial charge in [0.2, 0.25) is 15.9 Å². The van der Waals surface area contributed by atoms with Crippen LogP contribution in [0.5, 0.6) is 0 Å². The van der Waals surface area contributed by atoms with E-state index in [1.807, 2.05) is 25.9 Å². The Hall–Kier alpha value is -0.660. The minimum absolute atomic E-state index is 0.115. The molecule has 1 heterocycles. The fourth-order valence-electron chi connectivity index (χ4n) is 2.15. The largest absolute Gasteiger partial charge is 0.340 e. The zero-order valence-electron chi connectivity index (χ0n) is 12.8. The molecular weight excluding hydrogens is 278 g/mol. The SMILES string of the molecule is CCCCS(=O)(=O)N1CCN(C(=O)CCN(C)C)CC1. The number of nitrogens with zero attached hydrogens (tertiary/aromatic N) is 3. The van der Waals surface area contributed by atoms with Crippen LogP contribution in [0.15, 0.2) is 0 Å². The van der Waals surface area contributed by atoms with Crippen molar-refractivity contribution in [3.8, 4) is 0 Å². The minimum atomic E-state index is -3.13. The van der Waals surface area contributed by atoms with Crippen LogP contribution in [-0.4, -0.2) is 81.0 Å². The third-order valence-electron chi connectivity index (χ3n) is 3.51. The average Bonchev–Trinajstić information content (AvgIpc) is 2.42. The second kappa shape index (κ2) is 7.95. The van der Waals surface area contributed by atoms with Crippen LogP contribution < -0.4 is 0 Å². The van der Waals surface area contributed by atoms with Gasteiger partial charge in [-0.05, 0) is 20.5 Å². The van der Waals surface area contributed by atoms with Gasteiger partial charge in [0.05, 0.1) is 5.75 Å². The van der Waals surface area contributed by atoms with Crippen molar-refractivity contribution in [2.75, 3.05) is 52.6 Å². The molecule has 0 aromatic rings. The molecule has 1 saturated heterocycles. The Morgan fingerprint density at radius 1 is 1.15 bits per heavy atom. The van der Waals surface area contributed by atoms with Crippen LogP contribution in [0.25, 0.3) is 0 Å². The highest BCUT2D eigenvalue weighted by Crippen LogP contribution is 2.10. The molecule has 1 amide bonds. The first-order valence-electron chi connectivity index (χ1n) is 7.27. The molecule has 118 valence electrons. The molecule has 7 heteroatoms. The number of rotatable bonds is 7. The third-order valence-corrected chi connectivity index (χ3v) is 5.47. The molecule has 1 aliphatic rings. The Labute approximate surface area is 122 Å². The van der Waals surface area contributed by atoms with Crippen LogP contribution in [-0.2, 0) is 14.8 Å². The van der Waals surface area contributed by atoms with Gasteiger partial charge in [-0.25, -0.2) is 8.42 Å². The highest BCUT2D eigenvalue weighted by Gasteiger charge is 2.28. The standard InChI is InChI=1S/C13H27N3O3S/c1-4-5-12-20(18,19)16-10-8-15(9-11-16)13(17)6-7-14(2)3/h4-12H2,1-3H3. The number of carbonyl (C=O) groups excluding carboxylic acids is 1. The molecule has 0 spiro atoms. The first kappa shape index (κ1) is 17.4. The number of amides is 1. The summed E-state index contributed by atoms with van der Waals surface area (Å²) in [6, 6.07) is 0. The lowest BCUT2D eigenvalue weighted by molar-refractivity contribution is -0.132. The molecule has 0 saturated carbocycles. The smallest absolute Gasteiger partial charge is 0.223 e. The molecule has 20 heavy (non-hydrogen) atoms. The van der Waals surface area contributed by atoms with Crippen LogP contribution in [0.3, 0.4) is 0 Å². The second-order valence-electron chi connectivity index (χ2n) is 5.50.